The van der Waals surface area contributed by atoms with Crippen LogP contribution in [0.2, 0.25) is 0 Å². The topological polar surface area (TPSA) is 29.5 Å². The van der Waals surface area contributed by atoms with Crippen LogP contribution in [0.4, 0.5) is 0 Å². The molecule has 0 unspecified atom stereocenters. The van der Waals surface area contributed by atoms with Gasteiger partial charge in [-0.15, -0.1) is 0 Å². The third kappa shape index (κ3) is 4.16. The summed E-state index contributed by atoms with van der Waals surface area (Å²) < 4.78 is 5.10. The van der Waals surface area contributed by atoms with Gasteiger partial charge < -0.3 is 4.74 Å². The molecule has 138 valence electrons. The van der Waals surface area contributed by atoms with E-state index in [0.29, 0.717) is 0 Å². The van der Waals surface area contributed by atoms with Gasteiger partial charge in [0.15, 0.2) is 0 Å². The van der Waals surface area contributed by atoms with Gasteiger partial charge in [0.1, 0.15) is 0 Å². The van der Waals surface area contributed by atoms with Gasteiger partial charge in [-0.1, -0.05) is 75.4 Å². The van der Waals surface area contributed by atoms with Crippen LogP contribution in [0.15, 0.2) is 54.6 Å². The van der Waals surface area contributed by atoms with Crippen molar-refractivity contribution in [1.82, 2.24) is 4.90 Å². The number of methoxy groups -OCH3 is 1. The van der Waals surface area contributed by atoms with Gasteiger partial charge in [-0.2, -0.15) is 0 Å². The Kier molecular flexibility index (Phi) is 5.47. The first-order valence-electron chi connectivity index (χ1n) is 9.33. The molecule has 1 heterocycles. The summed E-state index contributed by atoms with van der Waals surface area (Å²) in [5, 5.41) is 0. The van der Waals surface area contributed by atoms with Crippen molar-refractivity contribution < 1.29 is 9.53 Å². The lowest BCUT2D eigenvalue weighted by molar-refractivity contribution is -0.145. The largest absolute Gasteiger partial charge is 0.469 e. The predicted octanol–water partition coefficient (Wildman–Crippen LogP) is 4.37. The Morgan fingerprint density at radius 3 is 2.27 bits per heavy atom. The maximum atomic E-state index is 12.4. The fraction of sp³-hybridized carbons (Fsp3) is 0.435. The number of likely N-dealkylation sites (tertiary alicyclic amines) is 1. The Morgan fingerprint density at radius 1 is 1.04 bits per heavy atom. The molecule has 0 aliphatic carbocycles. The standard InChI is InChI=1S/C23H29NO2/c1-23(2,3)19-12-10-18(11-13-19)20-15-24(16-21(20)22(25)26-4)14-17-8-6-5-7-9-17/h5-13,20-21H,14-16H2,1-4H3/t20-,21+/m1/s1. The molecule has 3 heteroatoms. The summed E-state index contributed by atoms with van der Waals surface area (Å²) in [6.07, 6.45) is 0. The zero-order chi connectivity index (χ0) is 18.7. The molecule has 0 aromatic heterocycles. The van der Waals surface area contributed by atoms with E-state index in [1.165, 1.54) is 23.8 Å². The summed E-state index contributed by atoms with van der Waals surface area (Å²) in [6, 6.07) is 19.2. The lowest BCUT2D eigenvalue weighted by atomic mass is 9.83. The molecule has 2 aromatic rings. The molecule has 1 aliphatic heterocycles. The van der Waals surface area contributed by atoms with Crippen LogP contribution >= 0.6 is 0 Å². The molecule has 1 fully saturated rings. The Hall–Kier alpha value is -2.13. The zero-order valence-electron chi connectivity index (χ0n) is 16.2. The molecule has 1 saturated heterocycles. The zero-order valence-corrected chi connectivity index (χ0v) is 16.2. The number of hydrogen-bond donors (Lipinski definition) is 0. The first-order valence-corrected chi connectivity index (χ1v) is 9.33. The van der Waals surface area contributed by atoms with Crippen LogP contribution in [0.25, 0.3) is 0 Å². The second-order valence-corrected chi connectivity index (χ2v) is 8.29. The first kappa shape index (κ1) is 18.7. The molecule has 0 amide bonds. The van der Waals surface area contributed by atoms with Crippen molar-refractivity contribution in [2.75, 3.05) is 20.2 Å². The van der Waals surface area contributed by atoms with E-state index in [0.717, 1.165) is 19.6 Å². The second-order valence-electron chi connectivity index (χ2n) is 8.29. The van der Waals surface area contributed by atoms with Gasteiger partial charge in [-0.3, -0.25) is 9.69 Å². The molecule has 0 radical (unpaired) electrons. The van der Waals surface area contributed by atoms with E-state index in [9.17, 15) is 4.79 Å². The van der Waals surface area contributed by atoms with E-state index in [-0.39, 0.29) is 23.2 Å². The number of nitrogens with zero attached hydrogens (tertiary/aromatic N) is 1. The lowest BCUT2D eigenvalue weighted by Gasteiger charge is -2.21. The van der Waals surface area contributed by atoms with Crippen molar-refractivity contribution in [2.24, 2.45) is 5.92 Å². The summed E-state index contributed by atoms with van der Waals surface area (Å²) in [7, 11) is 1.49. The van der Waals surface area contributed by atoms with Crippen LogP contribution in [0.1, 0.15) is 43.4 Å². The highest BCUT2D eigenvalue weighted by Crippen LogP contribution is 2.35. The number of ether oxygens (including phenoxy) is 1. The maximum absolute atomic E-state index is 12.4. The lowest BCUT2D eigenvalue weighted by Crippen LogP contribution is -2.24. The Bertz CT molecular complexity index is 731. The van der Waals surface area contributed by atoms with E-state index in [4.69, 9.17) is 4.74 Å². The Labute approximate surface area is 157 Å². The van der Waals surface area contributed by atoms with Crippen LogP contribution in [0.5, 0.6) is 0 Å². The summed E-state index contributed by atoms with van der Waals surface area (Å²) in [5.74, 6) is -0.0326. The predicted molar refractivity (Wildman–Crippen MR) is 105 cm³/mol. The van der Waals surface area contributed by atoms with Gasteiger partial charge >= 0.3 is 5.97 Å². The number of hydrogen-bond acceptors (Lipinski definition) is 3. The molecule has 1 aliphatic rings. The minimum absolute atomic E-state index is 0.106. The minimum Gasteiger partial charge on any atom is -0.469 e. The number of rotatable bonds is 4. The average molecular weight is 351 g/mol. The maximum Gasteiger partial charge on any atom is 0.310 e. The van der Waals surface area contributed by atoms with Crippen LogP contribution in [-0.4, -0.2) is 31.1 Å². The van der Waals surface area contributed by atoms with Gasteiger partial charge in [0.2, 0.25) is 0 Å². The van der Waals surface area contributed by atoms with Crippen molar-refractivity contribution >= 4 is 5.97 Å². The van der Waals surface area contributed by atoms with Crippen LogP contribution in [-0.2, 0) is 21.5 Å². The molecule has 3 nitrogen and oxygen atoms in total. The summed E-state index contributed by atoms with van der Waals surface area (Å²) >= 11 is 0. The van der Waals surface area contributed by atoms with E-state index in [1.807, 2.05) is 6.07 Å². The summed E-state index contributed by atoms with van der Waals surface area (Å²) in [4.78, 5) is 14.7. The molecule has 26 heavy (non-hydrogen) atoms. The van der Waals surface area contributed by atoms with Crippen molar-refractivity contribution in [2.45, 2.75) is 38.6 Å². The Morgan fingerprint density at radius 2 is 1.69 bits per heavy atom. The number of benzene rings is 2. The molecular weight excluding hydrogens is 322 g/mol. The summed E-state index contributed by atoms with van der Waals surface area (Å²) in [6.45, 7) is 9.14. The van der Waals surface area contributed by atoms with Crippen LogP contribution < -0.4 is 0 Å². The molecule has 0 saturated carbocycles. The quantitative estimate of drug-likeness (QED) is 0.766. The molecule has 2 atom stereocenters. The molecular formula is C23H29NO2. The van der Waals surface area contributed by atoms with Crippen molar-refractivity contribution in [3.8, 4) is 0 Å². The number of carbonyl (C=O) groups excluding carboxylic acids is 1. The van der Waals surface area contributed by atoms with Crippen molar-refractivity contribution in [1.29, 1.82) is 0 Å². The Balaban J connectivity index is 1.80. The van der Waals surface area contributed by atoms with Crippen LogP contribution in [0, 0.1) is 5.92 Å². The van der Waals surface area contributed by atoms with Gasteiger partial charge in [-0.25, -0.2) is 0 Å². The van der Waals surface area contributed by atoms with Gasteiger partial charge in [0.05, 0.1) is 13.0 Å². The van der Waals surface area contributed by atoms with E-state index >= 15 is 0 Å². The van der Waals surface area contributed by atoms with E-state index in [2.05, 4.69) is 74.2 Å². The van der Waals surface area contributed by atoms with Gasteiger partial charge in [0.25, 0.3) is 0 Å². The number of esters is 1. The second kappa shape index (κ2) is 7.63. The monoisotopic (exact) mass is 351 g/mol. The normalized spacial score (nSPS) is 20.9. The average Bonchev–Trinajstić information content (AvgIpc) is 3.05. The molecule has 0 spiro atoms. The van der Waals surface area contributed by atoms with E-state index in [1.54, 1.807) is 0 Å². The molecule has 0 bridgehead atoms. The highest BCUT2D eigenvalue weighted by molar-refractivity contribution is 5.74. The van der Waals surface area contributed by atoms with E-state index < -0.39 is 0 Å². The smallest absolute Gasteiger partial charge is 0.310 e. The number of carbonyl (C=O) groups is 1. The third-order valence-electron chi connectivity index (χ3n) is 5.35. The minimum atomic E-state index is -0.107. The van der Waals surface area contributed by atoms with Crippen LogP contribution in [0.3, 0.4) is 0 Å². The van der Waals surface area contributed by atoms with Gasteiger partial charge in [-0.05, 0) is 22.1 Å². The van der Waals surface area contributed by atoms with Crippen molar-refractivity contribution in [3.05, 3.63) is 71.3 Å². The first-order chi connectivity index (χ1) is 12.4. The fourth-order valence-electron chi connectivity index (χ4n) is 3.81. The molecule has 2 aromatic carbocycles. The highest BCUT2D eigenvalue weighted by atomic mass is 16.5. The van der Waals surface area contributed by atoms with Crippen molar-refractivity contribution in [3.63, 3.8) is 0 Å². The molecule has 3 rings (SSSR count). The van der Waals surface area contributed by atoms with Gasteiger partial charge in [0, 0.05) is 25.6 Å². The summed E-state index contributed by atoms with van der Waals surface area (Å²) in [5.41, 5.74) is 3.95. The third-order valence-corrected chi connectivity index (χ3v) is 5.35. The molecule has 0 N–H and O–H groups in total. The SMILES string of the molecule is COC(=O)[C@H]1CN(Cc2ccccc2)C[C@@H]1c1ccc(C(C)(C)C)cc1. The highest BCUT2D eigenvalue weighted by Gasteiger charge is 2.39. The fourth-order valence-corrected chi connectivity index (χ4v) is 3.81.